The van der Waals surface area contributed by atoms with Gasteiger partial charge in [-0.15, -0.1) is 0 Å². The predicted molar refractivity (Wildman–Crippen MR) is 89.0 cm³/mol. The lowest BCUT2D eigenvalue weighted by atomic mass is 9.95. The van der Waals surface area contributed by atoms with Crippen LogP contribution < -0.4 is 5.32 Å². The summed E-state index contributed by atoms with van der Waals surface area (Å²) in [5, 5.41) is 5.01. The van der Waals surface area contributed by atoms with Gasteiger partial charge in [0, 0.05) is 23.3 Å². The molecule has 20 heavy (non-hydrogen) atoms. The van der Waals surface area contributed by atoms with Crippen LogP contribution in [0.4, 0.5) is 5.82 Å². The molecule has 1 N–H and O–H groups in total. The molecule has 1 fully saturated rings. The van der Waals surface area contributed by atoms with Crippen LogP contribution in [-0.4, -0.2) is 27.5 Å². The summed E-state index contributed by atoms with van der Waals surface area (Å²) in [5.74, 6) is 1.78. The minimum atomic E-state index is 0.526. The molecule has 1 aromatic heterocycles. The molecule has 1 aliphatic rings. The number of hydrogen-bond acceptors (Lipinski definition) is 4. The Morgan fingerprint density at radius 2 is 1.95 bits per heavy atom. The van der Waals surface area contributed by atoms with Gasteiger partial charge in [-0.05, 0) is 45.3 Å². The zero-order valence-electron chi connectivity index (χ0n) is 12.6. The maximum atomic E-state index is 6.22. The van der Waals surface area contributed by atoms with Crippen LogP contribution in [0.25, 0.3) is 0 Å². The molecular weight excluding hydrogens is 290 g/mol. The first-order chi connectivity index (χ1) is 9.63. The molecule has 1 aliphatic carbocycles. The number of rotatable bonds is 5. The van der Waals surface area contributed by atoms with Gasteiger partial charge in [0.15, 0.2) is 0 Å². The van der Waals surface area contributed by atoms with Crippen LogP contribution in [0, 0.1) is 6.92 Å². The van der Waals surface area contributed by atoms with E-state index in [-0.39, 0.29) is 0 Å². The SMILES string of the molecule is CCCc1nc(Cl)c(C)c(NC2CCC(SC)CC2)n1. The average molecular weight is 314 g/mol. The molecule has 0 atom stereocenters. The monoisotopic (exact) mass is 313 g/mol. The predicted octanol–water partition coefficient (Wildman–Crippen LogP) is 4.48. The van der Waals surface area contributed by atoms with Crippen molar-refractivity contribution < 1.29 is 0 Å². The van der Waals surface area contributed by atoms with E-state index in [2.05, 4.69) is 28.5 Å². The summed E-state index contributed by atoms with van der Waals surface area (Å²) in [6.07, 6.45) is 9.15. The van der Waals surface area contributed by atoms with Crippen LogP contribution in [-0.2, 0) is 6.42 Å². The molecule has 112 valence electrons. The van der Waals surface area contributed by atoms with Crippen molar-refractivity contribution in [3.05, 3.63) is 16.5 Å². The lowest BCUT2D eigenvalue weighted by Crippen LogP contribution is -2.28. The Bertz CT molecular complexity index is 445. The third kappa shape index (κ3) is 4.01. The third-order valence-corrected chi connectivity index (χ3v) is 5.46. The van der Waals surface area contributed by atoms with Crippen LogP contribution in [0.5, 0.6) is 0 Å². The number of nitrogens with one attached hydrogen (secondary N) is 1. The molecule has 0 radical (unpaired) electrons. The number of anilines is 1. The molecule has 3 nitrogen and oxygen atoms in total. The highest BCUT2D eigenvalue weighted by atomic mass is 35.5. The Balaban J connectivity index is 2.05. The van der Waals surface area contributed by atoms with Gasteiger partial charge in [-0.2, -0.15) is 11.8 Å². The number of hydrogen-bond donors (Lipinski definition) is 1. The Kier molecular flexibility index (Phi) is 5.97. The summed E-state index contributed by atoms with van der Waals surface area (Å²) in [4.78, 5) is 9.00. The van der Waals surface area contributed by atoms with Gasteiger partial charge in [0.2, 0.25) is 0 Å². The Morgan fingerprint density at radius 1 is 1.25 bits per heavy atom. The van der Waals surface area contributed by atoms with Gasteiger partial charge in [-0.3, -0.25) is 0 Å². The third-order valence-electron chi connectivity index (χ3n) is 3.95. The molecule has 0 bridgehead atoms. The zero-order chi connectivity index (χ0) is 14.5. The zero-order valence-corrected chi connectivity index (χ0v) is 14.2. The minimum Gasteiger partial charge on any atom is -0.367 e. The van der Waals surface area contributed by atoms with Crippen molar-refractivity contribution in [2.24, 2.45) is 0 Å². The molecule has 0 aliphatic heterocycles. The highest BCUT2D eigenvalue weighted by molar-refractivity contribution is 7.99. The van der Waals surface area contributed by atoms with Crippen molar-refractivity contribution in [3.8, 4) is 0 Å². The summed E-state index contributed by atoms with van der Waals surface area (Å²) in [5.41, 5.74) is 0.971. The highest BCUT2D eigenvalue weighted by Crippen LogP contribution is 2.29. The first-order valence-electron chi connectivity index (χ1n) is 7.46. The van der Waals surface area contributed by atoms with E-state index in [1.165, 1.54) is 25.7 Å². The molecule has 1 saturated carbocycles. The second-order valence-electron chi connectivity index (χ2n) is 5.51. The Morgan fingerprint density at radius 3 is 2.55 bits per heavy atom. The van der Waals surface area contributed by atoms with Gasteiger partial charge in [-0.25, -0.2) is 9.97 Å². The molecule has 1 aromatic rings. The maximum Gasteiger partial charge on any atom is 0.137 e. The van der Waals surface area contributed by atoms with Crippen LogP contribution in [0.1, 0.15) is 50.4 Å². The number of nitrogens with zero attached hydrogens (tertiary/aromatic N) is 2. The standard InChI is InChI=1S/C15H24ClN3S/c1-4-5-13-18-14(16)10(2)15(19-13)17-11-6-8-12(20-3)9-7-11/h11-12H,4-9H2,1-3H3,(H,17,18,19). The average Bonchev–Trinajstić information content (AvgIpc) is 2.45. The molecule has 0 unspecified atom stereocenters. The van der Waals surface area contributed by atoms with Crippen molar-refractivity contribution in [2.45, 2.75) is 63.7 Å². The molecule has 2 rings (SSSR count). The summed E-state index contributed by atoms with van der Waals surface area (Å²) in [7, 11) is 0. The van der Waals surface area contributed by atoms with E-state index >= 15 is 0 Å². The van der Waals surface area contributed by atoms with Gasteiger partial charge >= 0.3 is 0 Å². The molecule has 0 amide bonds. The topological polar surface area (TPSA) is 37.8 Å². The fraction of sp³-hybridized carbons (Fsp3) is 0.733. The van der Waals surface area contributed by atoms with Gasteiger partial charge in [0.05, 0.1) is 0 Å². The fourth-order valence-corrected chi connectivity index (χ4v) is 3.58. The number of thioether (sulfide) groups is 1. The summed E-state index contributed by atoms with van der Waals surface area (Å²) >= 11 is 8.22. The summed E-state index contributed by atoms with van der Waals surface area (Å²) in [6.45, 7) is 4.13. The van der Waals surface area contributed by atoms with Gasteiger partial charge < -0.3 is 5.32 Å². The quantitative estimate of drug-likeness (QED) is 0.813. The number of halogens is 1. The lowest BCUT2D eigenvalue weighted by molar-refractivity contribution is 0.472. The van der Waals surface area contributed by atoms with Crippen molar-refractivity contribution in [1.29, 1.82) is 0 Å². The van der Waals surface area contributed by atoms with E-state index in [1.807, 2.05) is 18.7 Å². The Hall–Kier alpha value is -0.480. The van der Waals surface area contributed by atoms with Gasteiger partial charge in [0.25, 0.3) is 0 Å². The second-order valence-corrected chi connectivity index (χ2v) is 7.00. The Labute approximate surface area is 131 Å². The largest absolute Gasteiger partial charge is 0.367 e. The van der Waals surface area contributed by atoms with Gasteiger partial charge in [0.1, 0.15) is 16.8 Å². The molecule has 0 saturated heterocycles. The van der Waals surface area contributed by atoms with Crippen molar-refractivity contribution >= 4 is 29.2 Å². The smallest absolute Gasteiger partial charge is 0.137 e. The van der Waals surface area contributed by atoms with E-state index in [0.29, 0.717) is 11.2 Å². The van der Waals surface area contributed by atoms with Gasteiger partial charge in [-0.1, -0.05) is 18.5 Å². The van der Waals surface area contributed by atoms with E-state index < -0.39 is 0 Å². The molecule has 0 aromatic carbocycles. The van der Waals surface area contributed by atoms with Crippen LogP contribution >= 0.6 is 23.4 Å². The first kappa shape index (κ1) is 15.9. The van der Waals surface area contributed by atoms with E-state index in [9.17, 15) is 0 Å². The minimum absolute atomic E-state index is 0.526. The van der Waals surface area contributed by atoms with E-state index in [4.69, 9.17) is 11.6 Å². The van der Waals surface area contributed by atoms with E-state index in [0.717, 1.165) is 35.3 Å². The summed E-state index contributed by atoms with van der Waals surface area (Å²) < 4.78 is 0. The second kappa shape index (κ2) is 7.51. The molecular formula is C15H24ClN3S. The molecule has 0 spiro atoms. The van der Waals surface area contributed by atoms with Crippen LogP contribution in [0.15, 0.2) is 0 Å². The normalized spacial score (nSPS) is 22.8. The molecule has 1 heterocycles. The van der Waals surface area contributed by atoms with Crippen LogP contribution in [0.2, 0.25) is 5.15 Å². The maximum absolute atomic E-state index is 6.22. The lowest BCUT2D eigenvalue weighted by Gasteiger charge is -2.29. The van der Waals surface area contributed by atoms with Crippen molar-refractivity contribution in [2.75, 3.05) is 11.6 Å². The van der Waals surface area contributed by atoms with Crippen molar-refractivity contribution in [3.63, 3.8) is 0 Å². The summed E-state index contributed by atoms with van der Waals surface area (Å²) in [6, 6.07) is 0.526. The van der Waals surface area contributed by atoms with Crippen LogP contribution in [0.3, 0.4) is 0 Å². The van der Waals surface area contributed by atoms with E-state index in [1.54, 1.807) is 0 Å². The number of aromatic nitrogens is 2. The fourth-order valence-electron chi connectivity index (χ4n) is 2.64. The molecule has 5 heteroatoms. The first-order valence-corrected chi connectivity index (χ1v) is 9.13. The highest BCUT2D eigenvalue weighted by Gasteiger charge is 2.21. The number of aryl methyl sites for hydroxylation is 1. The van der Waals surface area contributed by atoms with Crippen molar-refractivity contribution in [1.82, 2.24) is 9.97 Å².